The van der Waals surface area contributed by atoms with E-state index in [9.17, 15) is 14.4 Å². The molecule has 0 aromatic rings. The van der Waals surface area contributed by atoms with E-state index in [0.29, 0.717) is 12.8 Å². The fourth-order valence-corrected chi connectivity index (χ4v) is 3.49. The van der Waals surface area contributed by atoms with Crippen LogP contribution >= 0.6 is 0 Å². The molecule has 18 heavy (non-hydrogen) atoms. The lowest BCUT2D eigenvalue weighted by molar-refractivity contribution is -0.171. The maximum absolute atomic E-state index is 12.0. The van der Waals surface area contributed by atoms with Crippen LogP contribution in [-0.4, -0.2) is 36.2 Å². The van der Waals surface area contributed by atoms with Gasteiger partial charge in [0.05, 0.1) is 6.10 Å². The molecule has 0 unspecified atom stereocenters. The van der Waals surface area contributed by atoms with Crippen LogP contribution in [0.4, 0.5) is 0 Å². The van der Waals surface area contributed by atoms with Gasteiger partial charge < -0.3 is 14.2 Å². The predicted octanol–water partition coefficient (Wildman–Crippen LogP) is 0.187. The van der Waals surface area contributed by atoms with Crippen molar-refractivity contribution in [2.75, 3.05) is 6.61 Å². The summed E-state index contributed by atoms with van der Waals surface area (Å²) in [7, 11) is 0. The maximum atomic E-state index is 12.0. The monoisotopic (exact) mass is 254 g/mol. The van der Waals surface area contributed by atoms with Crippen molar-refractivity contribution in [1.29, 1.82) is 0 Å². The Bertz CT molecular complexity index is 457. The maximum Gasteiger partial charge on any atom is 0.323 e. The summed E-state index contributed by atoms with van der Waals surface area (Å²) in [6.45, 7) is 2.97. The highest BCUT2D eigenvalue weighted by atomic mass is 16.6. The highest BCUT2D eigenvalue weighted by Crippen LogP contribution is 2.62. The summed E-state index contributed by atoms with van der Waals surface area (Å²) in [6.07, 6.45) is 0.981. The van der Waals surface area contributed by atoms with Gasteiger partial charge in [0.15, 0.2) is 0 Å². The largest absolute Gasteiger partial charge is 0.463 e. The van der Waals surface area contributed by atoms with E-state index in [4.69, 9.17) is 14.2 Å². The predicted molar refractivity (Wildman–Crippen MR) is 56.2 cm³/mol. The zero-order valence-electron chi connectivity index (χ0n) is 10.2. The first-order chi connectivity index (χ1) is 8.41. The molecule has 6 heteroatoms. The average molecular weight is 254 g/mol. The Morgan fingerprint density at radius 2 is 2.22 bits per heavy atom. The van der Waals surface area contributed by atoms with Crippen molar-refractivity contribution in [2.45, 2.75) is 38.4 Å². The second-order valence-electron chi connectivity index (χ2n) is 5.36. The summed E-state index contributed by atoms with van der Waals surface area (Å²) < 4.78 is 15.6. The molecule has 3 fully saturated rings. The molecule has 6 nitrogen and oxygen atoms in total. The standard InChI is InChI=1S/C12H14O6/c1-6(13)16-5-12-4-3-7(18-12)8-9(14)17-10(15)11(8,12)2/h7-8H,3-5H2,1-2H3/t7-,8-,11+,12+/m0/s1. The normalized spacial score (nSPS) is 45.0. The molecular formula is C12H14O6. The van der Waals surface area contributed by atoms with Crippen molar-refractivity contribution >= 4 is 17.9 Å². The zero-order chi connectivity index (χ0) is 13.1. The van der Waals surface area contributed by atoms with Crippen molar-refractivity contribution in [3.05, 3.63) is 0 Å². The fraction of sp³-hybridized carbons (Fsp3) is 0.750. The second-order valence-corrected chi connectivity index (χ2v) is 5.36. The number of fused-ring (bicyclic) bond motifs is 5. The molecule has 3 saturated heterocycles. The van der Waals surface area contributed by atoms with E-state index in [1.807, 2.05) is 0 Å². The number of cyclic esters (lactones) is 2. The van der Waals surface area contributed by atoms with Crippen LogP contribution in [0.5, 0.6) is 0 Å². The second kappa shape index (κ2) is 3.32. The van der Waals surface area contributed by atoms with Crippen LogP contribution in [-0.2, 0) is 28.6 Å². The molecule has 0 amide bonds. The minimum Gasteiger partial charge on any atom is -0.463 e. The smallest absolute Gasteiger partial charge is 0.323 e. The van der Waals surface area contributed by atoms with Gasteiger partial charge in [-0.05, 0) is 19.8 Å². The van der Waals surface area contributed by atoms with Gasteiger partial charge in [-0.15, -0.1) is 0 Å². The number of hydrogen-bond donors (Lipinski definition) is 0. The van der Waals surface area contributed by atoms with Crippen molar-refractivity contribution < 1.29 is 28.6 Å². The van der Waals surface area contributed by atoms with Gasteiger partial charge in [-0.1, -0.05) is 0 Å². The van der Waals surface area contributed by atoms with Gasteiger partial charge in [0.2, 0.25) is 0 Å². The molecule has 4 atom stereocenters. The molecule has 0 saturated carbocycles. The highest BCUT2D eigenvalue weighted by Gasteiger charge is 2.76. The van der Waals surface area contributed by atoms with E-state index >= 15 is 0 Å². The Morgan fingerprint density at radius 3 is 2.89 bits per heavy atom. The van der Waals surface area contributed by atoms with E-state index in [1.165, 1.54) is 6.92 Å². The molecule has 0 aliphatic carbocycles. The number of ether oxygens (including phenoxy) is 3. The van der Waals surface area contributed by atoms with Gasteiger partial charge in [0, 0.05) is 6.92 Å². The van der Waals surface area contributed by atoms with Gasteiger partial charge >= 0.3 is 17.9 Å². The molecule has 3 rings (SSSR count). The third-order valence-corrected chi connectivity index (χ3v) is 4.53. The SMILES string of the molecule is CC(=O)OC[C@@]12CC[C@H](O1)[C@H]1C(=O)OC(=O)[C@@]12C. The lowest BCUT2D eigenvalue weighted by atomic mass is 9.62. The Balaban J connectivity index is 1.98. The average Bonchev–Trinajstić information content (AvgIpc) is 2.87. The molecule has 98 valence electrons. The van der Waals surface area contributed by atoms with Gasteiger partial charge in [0.1, 0.15) is 23.5 Å². The first kappa shape index (κ1) is 11.6. The van der Waals surface area contributed by atoms with Gasteiger partial charge in [-0.2, -0.15) is 0 Å². The Kier molecular flexibility index (Phi) is 2.15. The van der Waals surface area contributed by atoms with Crippen LogP contribution in [0.15, 0.2) is 0 Å². The van der Waals surface area contributed by atoms with E-state index in [1.54, 1.807) is 6.92 Å². The van der Waals surface area contributed by atoms with Gasteiger partial charge in [-0.25, -0.2) is 0 Å². The number of esters is 3. The minimum absolute atomic E-state index is 0.00574. The Hall–Kier alpha value is -1.43. The number of rotatable bonds is 2. The lowest BCUT2D eigenvalue weighted by Crippen LogP contribution is -2.53. The van der Waals surface area contributed by atoms with E-state index in [-0.39, 0.29) is 12.7 Å². The van der Waals surface area contributed by atoms with Gasteiger partial charge in [0.25, 0.3) is 0 Å². The molecule has 0 spiro atoms. The van der Waals surface area contributed by atoms with Crippen LogP contribution in [0, 0.1) is 11.3 Å². The Morgan fingerprint density at radius 1 is 1.50 bits per heavy atom. The summed E-state index contributed by atoms with van der Waals surface area (Å²) in [5.41, 5.74) is -1.93. The molecule has 0 N–H and O–H groups in total. The summed E-state index contributed by atoms with van der Waals surface area (Å²) >= 11 is 0. The van der Waals surface area contributed by atoms with Crippen molar-refractivity contribution in [3.8, 4) is 0 Å². The first-order valence-corrected chi connectivity index (χ1v) is 5.98. The molecule has 3 aliphatic heterocycles. The fourth-order valence-electron chi connectivity index (χ4n) is 3.49. The number of carbonyl (C=O) groups is 3. The molecule has 0 aromatic heterocycles. The molecule has 0 aromatic carbocycles. The van der Waals surface area contributed by atoms with Crippen LogP contribution in [0.1, 0.15) is 26.7 Å². The molecule has 2 bridgehead atoms. The zero-order valence-corrected chi connectivity index (χ0v) is 10.2. The van der Waals surface area contributed by atoms with Crippen molar-refractivity contribution in [1.82, 2.24) is 0 Å². The summed E-state index contributed by atoms with van der Waals surface area (Å²) in [5.74, 6) is -2.07. The number of carbonyl (C=O) groups excluding carboxylic acids is 3. The first-order valence-electron chi connectivity index (χ1n) is 5.98. The lowest BCUT2D eigenvalue weighted by Gasteiger charge is -2.37. The van der Waals surface area contributed by atoms with Crippen LogP contribution in [0.3, 0.4) is 0 Å². The summed E-state index contributed by atoms with van der Waals surface area (Å²) in [4.78, 5) is 34.6. The van der Waals surface area contributed by atoms with Crippen molar-refractivity contribution in [2.24, 2.45) is 11.3 Å². The molecule has 3 aliphatic rings. The molecule has 0 radical (unpaired) electrons. The number of hydrogen-bond acceptors (Lipinski definition) is 6. The van der Waals surface area contributed by atoms with E-state index < -0.39 is 34.8 Å². The van der Waals surface area contributed by atoms with Crippen LogP contribution in [0.25, 0.3) is 0 Å². The van der Waals surface area contributed by atoms with Gasteiger partial charge in [-0.3, -0.25) is 14.4 Å². The van der Waals surface area contributed by atoms with Crippen LogP contribution < -0.4 is 0 Å². The third kappa shape index (κ3) is 1.14. The van der Waals surface area contributed by atoms with E-state index in [2.05, 4.69) is 0 Å². The molecular weight excluding hydrogens is 240 g/mol. The summed E-state index contributed by atoms with van der Waals surface area (Å²) in [6, 6.07) is 0. The quantitative estimate of drug-likeness (QED) is 0.517. The highest BCUT2D eigenvalue weighted by molar-refractivity contribution is 6.01. The third-order valence-electron chi connectivity index (χ3n) is 4.53. The van der Waals surface area contributed by atoms with Crippen molar-refractivity contribution in [3.63, 3.8) is 0 Å². The topological polar surface area (TPSA) is 78.9 Å². The van der Waals surface area contributed by atoms with E-state index in [0.717, 1.165) is 0 Å². The van der Waals surface area contributed by atoms with Crippen LogP contribution in [0.2, 0.25) is 0 Å². The molecule has 3 heterocycles. The minimum atomic E-state index is -1.03. The summed E-state index contributed by atoms with van der Waals surface area (Å²) in [5, 5.41) is 0. The Labute approximate surface area is 104 Å².